The third-order valence-electron chi connectivity index (χ3n) is 18.8. The molecule has 0 aliphatic carbocycles. The molecule has 0 aromatic heterocycles. The van der Waals surface area contributed by atoms with Crippen LogP contribution >= 0.6 is 92.8 Å². The van der Waals surface area contributed by atoms with Gasteiger partial charge in [0.25, 0.3) is 0 Å². The molecule has 0 saturated carbocycles. The van der Waals surface area contributed by atoms with Crippen LogP contribution in [0.4, 0.5) is 0 Å². The van der Waals surface area contributed by atoms with E-state index >= 15 is 0 Å². The average Bonchev–Trinajstić information content (AvgIpc) is 0.801. The van der Waals surface area contributed by atoms with Crippen LogP contribution in [-0.2, 0) is 85.7 Å². The van der Waals surface area contributed by atoms with Crippen LogP contribution in [0, 0.1) is 0 Å². The second-order valence-electron chi connectivity index (χ2n) is 40.1. The zero-order valence-corrected chi connectivity index (χ0v) is 90.6. The van der Waals surface area contributed by atoms with Crippen molar-refractivity contribution in [3.63, 3.8) is 0 Å². The van der Waals surface area contributed by atoms with Gasteiger partial charge in [-0.2, -0.15) is 0 Å². The van der Waals surface area contributed by atoms with E-state index < -0.39 is 45.2 Å². The Bertz CT molecular complexity index is 3520. The van der Waals surface area contributed by atoms with Gasteiger partial charge >= 0.3 is 34.1 Å². The molecule has 0 N–H and O–H groups in total. The molecule has 5 aromatic rings. The second-order valence-corrected chi connectivity index (χ2v) is 61.1. The molecular formula is C92H144Cl8Mn2N4O10Si4. The van der Waals surface area contributed by atoms with Crippen molar-refractivity contribution in [2.45, 2.75) is 312 Å². The van der Waals surface area contributed by atoms with Crippen LogP contribution in [0.5, 0.6) is 23.0 Å². The maximum Gasteiger partial charge on any atom is 3.00 e. The van der Waals surface area contributed by atoms with Gasteiger partial charge in [0.2, 0.25) is 0 Å². The normalized spacial score (nSPS) is 12.6. The van der Waals surface area contributed by atoms with Gasteiger partial charge in [0, 0.05) is 51.0 Å². The van der Waals surface area contributed by atoms with Gasteiger partial charge in [-0.05, 0) is 223 Å². The number of aliphatic imine (C=N–C) groups is 4. The molecule has 0 atom stereocenters. The monoisotopic (exact) mass is 1970 g/mol. The Morgan fingerprint density at radius 1 is 0.308 bits per heavy atom. The first kappa shape index (κ1) is 123. The number of carboxylic acids is 2. The first-order valence-corrected chi connectivity index (χ1v) is 57.1. The molecule has 120 heavy (non-hydrogen) atoms. The van der Waals surface area contributed by atoms with Crippen molar-refractivity contribution in [2.75, 3.05) is 47.5 Å². The Morgan fingerprint density at radius 2 is 0.458 bits per heavy atom. The number of alkyl halides is 8. The number of carbonyl (C=O) groups excluding carboxylic acids is 2. The third kappa shape index (κ3) is 48.8. The first-order valence-electron chi connectivity index (χ1n) is 40.4. The summed E-state index contributed by atoms with van der Waals surface area (Å²) in [4.78, 5) is 39.2. The van der Waals surface area contributed by atoms with E-state index in [-0.39, 0.29) is 133 Å². The topological polar surface area (TPSA) is 240 Å². The van der Waals surface area contributed by atoms with Crippen LogP contribution in [-0.4, -0.2) is 118 Å². The number of carbonyl (C=O) groups is 2. The minimum absolute atomic E-state index is 0. The van der Waals surface area contributed by atoms with E-state index in [0.717, 1.165) is 96.4 Å². The van der Waals surface area contributed by atoms with E-state index in [9.17, 15) is 40.2 Å². The van der Waals surface area contributed by atoms with Crippen molar-refractivity contribution in [3.8, 4) is 23.0 Å². The number of benzene rings is 5. The smallest absolute Gasteiger partial charge is 0.872 e. The molecule has 5 rings (SSSR count). The molecule has 678 valence electrons. The molecule has 0 radical (unpaired) electrons. The van der Waals surface area contributed by atoms with Gasteiger partial charge in [0.05, 0.1) is 33.3 Å². The number of hydrogen-bond donors (Lipinski definition) is 0. The summed E-state index contributed by atoms with van der Waals surface area (Å²) < 4.78 is 13.8. The summed E-state index contributed by atoms with van der Waals surface area (Å²) in [6.45, 7) is 72.6. The van der Waals surface area contributed by atoms with Gasteiger partial charge in [-0.3, -0.25) is 20.0 Å². The molecule has 0 bridgehead atoms. The summed E-state index contributed by atoms with van der Waals surface area (Å²) in [5.41, 5.74) is 9.70. The van der Waals surface area contributed by atoms with E-state index in [1.807, 2.05) is 24.3 Å². The maximum absolute atomic E-state index is 13.3. The summed E-state index contributed by atoms with van der Waals surface area (Å²) in [6.07, 6.45) is 11.0. The van der Waals surface area contributed by atoms with E-state index in [2.05, 4.69) is 243 Å². The molecule has 0 aliphatic rings. The van der Waals surface area contributed by atoms with Crippen LogP contribution in [0.25, 0.3) is 0 Å². The van der Waals surface area contributed by atoms with Crippen LogP contribution in [0.15, 0.2) is 92.8 Å². The SMILES string of the molecule is CC(C)(C)c1cc(C=NCCC[Si](C)(C)O[Si](C)(C)CCCN=Cc2cc(C(C)(C)C)cc(C(C)(C)C)c2[O-])c([O-])c(C(C)(C)C)c1.CC(C)(C)c1cc(C=NCCC[Si](C)(C)O[Si](C)(C)CCCN=Cc2cc(C(C)(C)C)cc(C(C)(C)C)c2[O-])c([O-])c(C(C)(C)C)c1.ClCCl.ClCCl.ClCCl.ClCCl.O=C([O-])c1ccc(C(=O)[O-])cc1.[Mn+3].[Mn+3]. The Hall–Kier alpha value is -2.93. The fourth-order valence-electron chi connectivity index (χ4n) is 12.4. The van der Waals surface area contributed by atoms with Crippen molar-refractivity contribution >= 4 is 163 Å². The van der Waals surface area contributed by atoms with Gasteiger partial charge in [-0.15, -0.1) is 92.8 Å². The number of halogens is 8. The second kappa shape index (κ2) is 55.1. The molecular weight excluding hydrogens is 1830 g/mol. The van der Waals surface area contributed by atoms with Crippen LogP contribution in [0.1, 0.15) is 279 Å². The van der Waals surface area contributed by atoms with E-state index in [4.69, 9.17) is 121 Å². The summed E-state index contributed by atoms with van der Waals surface area (Å²) in [6, 6.07) is 25.2. The first-order chi connectivity index (χ1) is 53.5. The van der Waals surface area contributed by atoms with Crippen LogP contribution < -0.4 is 30.6 Å². The predicted molar refractivity (Wildman–Crippen MR) is 514 cm³/mol. The molecule has 0 unspecified atom stereocenters. The predicted octanol–water partition coefficient (Wildman–Crippen LogP) is 23.6. The Kier molecular flexibility index (Phi) is 56.6. The van der Waals surface area contributed by atoms with Gasteiger partial charge in [-0.1, -0.05) is 262 Å². The van der Waals surface area contributed by atoms with Gasteiger partial charge in [0.15, 0.2) is 33.3 Å². The van der Waals surface area contributed by atoms with Gasteiger partial charge in [0.1, 0.15) is 0 Å². The van der Waals surface area contributed by atoms with E-state index in [1.165, 1.54) is 22.3 Å². The average molecular weight is 1970 g/mol. The number of aromatic carboxylic acids is 2. The Morgan fingerprint density at radius 3 is 0.583 bits per heavy atom. The fraction of sp³-hybridized carbons (Fsp3) is 0.609. The minimum atomic E-state index is -1.88. The van der Waals surface area contributed by atoms with Gasteiger partial charge < -0.3 is 48.5 Å². The number of rotatable bonds is 26. The summed E-state index contributed by atoms with van der Waals surface area (Å²) in [7, 11) is -7.51. The zero-order chi connectivity index (χ0) is 92.4. The van der Waals surface area contributed by atoms with E-state index in [0.29, 0.717) is 48.4 Å². The zero-order valence-electron chi connectivity index (χ0n) is 78.2. The molecule has 0 amide bonds. The molecule has 28 heteroatoms. The molecule has 0 spiro atoms. The summed E-state index contributed by atoms with van der Waals surface area (Å²) in [5.74, 6) is -2.31. The Balaban J connectivity index is -0.000000867. The number of carboxylic acid groups (broad SMARTS) is 2. The summed E-state index contributed by atoms with van der Waals surface area (Å²) >= 11 is 38.1. The van der Waals surface area contributed by atoms with Crippen LogP contribution in [0.2, 0.25) is 76.6 Å². The van der Waals surface area contributed by atoms with Crippen molar-refractivity contribution in [2.24, 2.45) is 20.0 Å². The van der Waals surface area contributed by atoms with Crippen molar-refractivity contribution in [1.29, 1.82) is 0 Å². The fourth-order valence-corrected chi connectivity index (χ4v) is 30.1. The molecule has 0 fully saturated rings. The molecule has 0 aliphatic heterocycles. The van der Waals surface area contributed by atoms with E-state index in [1.54, 1.807) is 24.9 Å². The molecule has 0 heterocycles. The van der Waals surface area contributed by atoms with Crippen LogP contribution in [0.3, 0.4) is 0 Å². The minimum Gasteiger partial charge on any atom is -0.872 e. The standard InChI is InChI=1S/2C40H68N2O3Si2.C8H6O4.4CH2Cl2.2Mn/c2*1-37(2,3)31-23-29(35(43)33(25-31)39(7,8)9)27-41-19-17-21-46(13,14)45-47(15,16)22-18-20-42-28-30-24-32(38(4,5)6)26-34(36(30)44)40(10,11)12;9-7(10)5-1-2-6(4-3-5)8(11)12;4*2-1-3;;/h2*23-28,43-44H,17-22H2,1-16H3;1-4H,(H,9,10)(H,11,12);4*1H2;;/q;;;;;;;2*+3/p-6. The van der Waals surface area contributed by atoms with Crippen molar-refractivity contribution in [1.82, 2.24) is 0 Å². The number of nitrogens with zero attached hydrogens (tertiary/aromatic N) is 4. The van der Waals surface area contributed by atoms with Crippen molar-refractivity contribution < 1.29 is 82.6 Å². The number of hydrogen-bond acceptors (Lipinski definition) is 14. The summed E-state index contributed by atoms with van der Waals surface area (Å²) in [5, 5.41) is 74.3. The molecule has 14 nitrogen and oxygen atoms in total. The Labute approximate surface area is 791 Å². The molecule has 0 saturated heterocycles. The van der Waals surface area contributed by atoms with Crippen molar-refractivity contribution in [3.05, 3.63) is 151 Å². The maximum atomic E-state index is 13.3. The largest absolute Gasteiger partial charge is 3.00 e. The molecule has 5 aromatic carbocycles. The third-order valence-corrected chi connectivity index (χ3v) is 33.9. The van der Waals surface area contributed by atoms with Gasteiger partial charge in [-0.25, -0.2) is 0 Å². The quantitative estimate of drug-likeness (QED) is 0.0219.